The van der Waals surface area contributed by atoms with Crippen LogP contribution in [0.15, 0.2) is 54.6 Å². The zero-order chi connectivity index (χ0) is 54.5. The van der Waals surface area contributed by atoms with Gasteiger partial charge in [-0.15, -0.1) is 0 Å². The molecule has 24 heteroatoms. The Labute approximate surface area is 433 Å². The fourth-order valence-electron chi connectivity index (χ4n) is 7.58. The maximum Gasteiger partial charge on any atom is 0.305 e. The van der Waals surface area contributed by atoms with Gasteiger partial charge in [0.05, 0.1) is 30.8 Å². The average molecular weight is 1060 g/mol. The molecule has 22 nitrogen and oxygen atoms in total. The molecule has 0 saturated carbocycles. The predicted molar refractivity (Wildman–Crippen MR) is 273 cm³/mol. The van der Waals surface area contributed by atoms with Crippen LogP contribution in [0.1, 0.15) is 84.8 Å². The standard InChI is InChI=1S/C49H69N9O13S2/c1-7-27(6)40-48(70)56-35(21-38(50)60)45(67)57-37(23-72)47(69)55-36(22-39(61)62)46(68)54-34(20-28-11-9-8-10-12-28)44(66)53-33(18-26(4)5)43(65)52-31(17-25(2)3)41(63)49(71)73-24-51-32(42(64)58-40)19-29-13-15-30(59)16-14-29/h8-16,25-27,31-37,40,51,59,72H,7,17-24H2,1-6H3,(H2,50,60)(H,52,65)(H,53,66)(H,54,68)(H,55,69)(H,56,70)(H,57,67)(H,58,64)(H,61,62)/t27-,31-,32-,33-,34-,35-,36-,37-,40-/m0/s1. The van der Waals surface area contributed by atoms with Gasteiger partial charge in [-0.05, 0) is 60.3 Å². The van der Waals surface area contributed by atoms with Gasteiger partial charge >= 0.3 is 5.97 Å². The molecule has 1 saturated heterocycles. The van der Waals surface area contributed by atoms with Crippen molar-refractivity contribution in [2.75, 3.05) is 11.6 Å². The zero-order valence-corrected chi connectivity index (χ0v) is 43.4. The Morgan fingerprint density at radius 1 is 0.603 bits per heavy atom. The maximum atomic E-state index is 14.3. The number of nitrogens with two attached hydrogens (primary N) is 1. The Balaban J connectivity index is 2.18. The number of amides is 8. The van der Waals surface area contributed by atoms with Crippen molar-refractivity contribution in [3.05, 3.63) is 65.7 Å². The second-order valence-corrected chi connectivity index (χ2v) is 20.0. The Bertz CT molecular complexity index is 2290. The van der Waals surface area contributed by atoms with Crippen LogP contribution in [0, 0.1) is 17.8 Å². The molecule has 1 aliphatic heterocycles. The normalized spacial score (nSPS) is 24.5. The number of aliphatic carboxylic acids is 1. The average Bonchev–Trinajstić information content (AvgIpc) is 3.32. The minimum atomic E-state index is -1.88. The van der Waals surface area contributed by atoms with Crippen molar-refractivity contribution in [2.45, 2.75) is 135 Å². The molecular weight excluding hydrogens is 987 g/mol. The van der Waals surface area contributed by atoms with Crippen LogP contribution in [-0.2, 0) is 65.6 Å². The lowest BCUT2D eigenvalue weighted by Crippen LogP contribution is -2.61. The van der Waals surface area contributed by atoms with Crippen LogP contribution in [0.4, 0.5) is 0 Å². The summed E-state index contributed by atoms with van der Waals surface area (Å²) >= 11 is 4.69. The summed E-state index contributed by atoms with van der Waals surface area (Å²) in [6.45, 7) is 10.4. The molecular formula is C49H69N9O13S2. The fourth-order valence-corrected chi connectivity index (χ4v) is 8.54. The number of nitrogens with one attached hydrogen (secondary N) is 8. The largest absolute Gasteiger partial charge is 0.508 e. The Kier molecular flexibility index (Phi) is 24.9. The van der Waals surface area contributed by atoms with E-state index in [9.17, 15) is 63.0 Å². The molecule has 0 radical (unpaired) electrons. The van der Waals surface area contributed by atoms with Crippen molar-refractivity contribution in [1.29, 1.82) is 0 Å². The maximum absolute atomic E-state index is 14.3. The first-order valence-corrected chi connectivity index (χ1v) is 25.5. The highest BCUT2D eigenvalue weighted by atomic mass is 32.2. The number of Topliss-reactive ketones (excluding diaryl/α,β-unsaturated/α-hetero) is 1. The topological polar surface area (TPSA) is 350 Å². The summed E-state index contributed by atoms with van der Waals surface area (Å²) in [5.41, 5.74) is 6.56. The van der Waals surface area contributed by atoms with Gasteiger partial charge in [0, 0.05) is 12.2 Å². The Hall–Kier alpha value is -6.53. The highest BCUT2D eigenvalue weighted by Crippen LogP contribution is 2.17. The van der Waals surface area contributed by atoms with E-state index >= 15 is 0 Å². The molecule has 1 fully saturated rings. The van der Waals surface area contributed by atoms with E-state index in [1.807, 2.05) is 0 Å². The lowest BCUT2D eigenvalue weighted by Gasteiger charge is -2.29. The number of carbonyl (C=O) groups excluding carboxylic acids is 10. The summed E-state index contributed by atoms with van der Waals surface area (Å²) in [5.74, 6) is -12.3. The van der Waals surface area contributed by atoms with Crippen molar-refractivity contribution in [3.8, 4) is 5.75 Å². The number of aromatic hydroxyl groups is 1. The van der Waals surface area contributed by atoms with Crippen molar-refractivity contribution in [3.63, 3.8) is 0 Å². The molecule has 0 bridgehead atoms. The number of hydrogen-bond donors (Lipinski definition) is 12. The Morgan fingerprint density at radius 3 is 1.62 bits per heavy atom. The monoisotopic (exact) mass is 1060 g/mol. The van der Waals surface area contributed by atoms with Crippen LogP contribution in [0.3, 0.4) is 0 Å². The van der Waals surface area contributed by atoms with Gasteiger partial charge in [-0.25, -0.2) is 0 Å². The second kappa shape index (κ2) is 29.9. The number of carboxylic acid groups (broad SMARTS) is 1. The van der Waals surface area contributed by atoms with E-state index in [0.29, 0.717) is 29.3 Å². The number of hydrogen-bond acceptors (Lipinski definition) is 15. The van der Waals surface area contributed by atoms with E-state index in [4.69, 9.17) is 5.73 Å². The summed E-state index contributed by atoms with van der Waals surface area (Å²) in [7, 11) is 0. The summed E-state index contributed by atoms with van der Waals surface area (Å²) in [5, 5.41) is 39.3. The first-order valence-electron chi connectivity index (χ1n) is 23.9. The number of carboxylic acids is 1. The third-order valence-electron chi connectivity index (χ3n) is 11.7. The molecule has 2 aromatic carbocycles. The van der Waals surface area contributed by atoms with E-state index in [-0.39, 0.29) is 49.1 Å². The van der Waals surface area contributed by atoms with Crippen LogP contribution >= 0.6 is 24.4 Å². The minimum Gasteiger partial charge on any atom is -0.508 e. The van der Waals surface area contributed by atoms with Gasteiger partial charge in [0.1, 0.15) is 42.0 Å². The van der Waals surface area contributed by atoms with Gasteiger partial charge in [0.15, 0.2) is 0 Å². The minimum absolute atomic E-state index is 0.0104. The van der Waals surface area contributed by atoms with E-state index < -0.39 is 137 Å². The molecule has 0 spiro atoms. The lowest BCUT2D eigenvalue weighted by molar-refractivity contribution is -0.141. The van der Waals surface area contributed by atoms with Crippen LogP contribution in [0.25, 0.3) is 0 Å². The number of primary amides is 1. The summed E-state index contributed by atoms with van der Waals surface area (Å²) in [6, 6.07) is 2.25. The molecule has 400 valence electrons. The summed E-state index contributed by atoms with van der Waals surface area (Å²) in [4.78, 5) is 150. The number of phenols is 1. The highest BCUT2D eigenvalue weighted by molar-refractivity contribution is 8.15. The first-order chi connectivity index (χ1) is 34.4. The number of thiol groups is 1. The van der Waals surface area contributed by atoms with Crippen LogP contribution < -0.4 is 48.3 Å². The van der Waals surface area contributed by atoms with Gasteiger partial charge < -0.3 is 53.2 Å². The number of thioether (sulfide) groups is 1. The second-order valence-electron chi connectivity index (χ2n) is 18.7. The number of carbonyl (C=O) groups is 11. The SMILES string of the molecule is CC[C@H](C)[C@@H]1NC(=O)[C@H](Cc2ccc(O)cc2)NCSC(=O)C(=O)[C@H](CC(C)C)NC(=O)[C@H](CC(C)C)NC(=O)[C@H](Cc2ccccc2)NC(=O)[C@H](CC(=O)O)NC(=O)[C@H](CS)NC(=O)[C@H](CC(N)=O)NC1=O. The van der Waals surface area contributed by atoms with Crippen molar-refractivity contribution >= 4 is 88.5 Å². The third kappa shape index (κ3) is 20.5. The van der Waals surface area contributed by atoms with Gasteiger partial charge in [-0.2, -0.15) is 12.6 Å². The van der Waals surface area contributed by atoms with E-state index in [1.165, 1.54) is 12.1 Å². The molecule has 1 aliphatic rings. The molecule has 2 aromatic rings. The molecule has 9 atom stereocenters. The van der Waals surface area contributed by atoms with Crippen LogP contribution in [0.5, 0.6) is 5.75 Å². The molecule has 8 amide bonds. The van der Waals surface area contributed by atoms with E-state index in [0.717, 1.165) is 0 Å². The predicted octanol–water partition coefficient (Wildman–Crippen LogP) is -0.253. The molecule has 1 heterocycles. The molecule has 0 aromatic heterocycles. The first kappa shape index (κ1) is 60.8. The Morgan fingerprint density at radius 2 is 1.05 bits per heavy atom. The summed E-state index contributed by atoms with van der Waals surface area (Å²) < 4.78 is 0. The number of benzene rings is 2. The van der Waals surface area contributed by atoms with Crippen LogP contribution in [0.2, 0.25) is 0 Å². The molecule has 12 N–H and O–H groups in total. The number of ketones is 1. The van der Waals surface area contributed by atoms with Crippen molar-refractivity contribution in [1.82, 2.24) is 42.5 Å². The number of rotatable bonds is 15. The molecule has 3 rings (SSSR count). The lowest BCUT2D eigenvalue weighted by atomic mass is 9.96. The van der Waals surface area contributed by atoms with E-state index in [2.05, 4.69) is 55.2 Å². The third-order valence-corrected chi connectivity index (χ3v) is 12.8. The smallest absolute Gasteiger partial charge is 0.305 e. The summed E-state index contributed by atoms with van der Waals surface area (Å²) in [6.07, 6.45) is -1.70. The fraction of sp³-hybridized carbons (Fsp3) is 0.531. The van der Waals surface area contributed by atoms with Crippen molar-refractivity contribution < 1.29 is 63.0 Å². The zero-order valence-electron chi connectivity index (χ0n) is 41.7. The van der Waals surface area contributed by atoms with Gasteiger partial charge in [-0.3, -0.25) is 58.1 Å². The number of phenolic OH excluding ortho intramolecular Hbond substituents is 1. The molecule has 0 aliphatic carbocycles. The van der Waals surface area contributed by atoms with Crippen molar-refractivity contribution in [2.24, 2.45) is 23.5 Å². The quantitative estimate of drug-likeness (QED) is 0.0808. The van der Waals surface area contributed by atoms with E-state index in [1.54, 1.807) is 84.0 Å². The van der Waals surface area contributed by atoms with Gasteiger partial charge in [-0.1, -0.05) is 102 Å². The highest BCUT2D eigenvalue weighted by Gasteiger charge is 2.37. The van der Waals surface area contributed by atoms with Gasteiger partial charge in [0.25, 0.3) is 5.12 Å². The van der Waals surface area contributed by atoms with Crippen LogP contribution in [-0.4, -0.2) is 134 Å². The molecule has 0 unspecified atom stereocenters. The molecule has 73 heavy (non-hydrogen) atoms. The van der Waals surface area contributed by atoms with Gasteiger partial charge in [0.2, 0.25) is 53.0 Å².